The van der Waals surface area contributed by atoms with E-state index in [9.17, 15) is 13.2 Å². The van der Waals surface area contributed by atoms with Gasteiger partial charge >= 0.3 is 6.36 Å². The number of amidine groups is 1. The minimum atomic E-state index is -4.75. The molecule has 1 aromatic rings. The van der Waals surface area contributed by atoms with Crippen molar-refractivity contribution in [2.45, 2.75) is 12.8 Å². The van der Waals surface area contributed by atoms with Crippen molar-refractivity contribution in [3.63, 3.8) is 0 Å². The zero-order chi connectivity index (χ0) is 14.5. The number of nitrogens with two attached hydrogens (primary N) is 1. The average molecular weight is 343 g/mol. The van der Waals surface area contributed by atoms with E-state index in [0.29, 0.717) is 5.75 Å². The maximum atomic E-state index is 12.0. The third kappa shape index (κ3) is 5.69. The first-order valence-corrected chi connectivity index (χ1v) is 5.75. The van der Waals surface area contributed by atoms with Crippen molar-refractivity contribution in [1.82, 2.24) is 0 Å². The summed E-state index contributed by atoms with van der Waals surface area (Å²) >= 11 is 2.94. The molecule has 0 bridgehead atoms. The predicted molar refractivity (Wildman–Crippen MR) is 64.3 cm³/mol. The van der Waals surface area contributed by atoms with Crippen LogP contribution < -0.4 is 15.2 Å². The number of rotatable bonds is 5. The first-order chi connectivity index (χ1) is 8.81. The summed E-state index contributed by atoms with van der Waals surface area (Å²) in [5.41, 5.74) is 5.23. The van der Waals surface area contributed by atoms with Gasteiger partial charge in [0.1, 0.15) is 17.3 Å². The third-order valence-corrected chi connectivity index (χ3v) is 2.50. The topological polar surface area (TPSA) is 77.1 Å². The number of benzene rings is 1. The summed E-state index contributed by atoms with van der Waals surface area (Å²) < 4.78 is 45.2. The lowest BCUT2D eigenvalue weighted by Gasteiger charge is -2.12. The van der Waals surface area contributed by atoms with Gasteiger partial charge in [0.15, 0.2) is 0 Å². The molecule has 9 heteroatoms. The molecule has 106 valence electrons. The van der Waals surface area contributed by atoms with Gasteiger partial charge in [0.25, 0.3) is 0 Å². The minimum absolute atomic E-state index is 0.00362. The number of ether oxygens (including phenoxy) is 2. The van der Waals surface area contributed by atoms with Gasteiger partial charge in [-0.3, -0.25) is 0 Å². The van der Waals surface area contributed by atoms with E-state index < -0.39 is 6.36 Å². The van der Waals surface area contributed by atoms with E-state index in [-0.39, 0.29) is 29.1 Å². The van der Waals surface area contributed by atoms with Crippen molar-refractivity contribution < 1.29 is 27.9 Å². The Bertz CT molecular complexity index is 466. The molecule has 0 spiro atoms. The molecule has 0 radical (unpaired) electrons. The number of hydrogen-bond acceptors (Lipinski definition) is 4. The molecule has 0 unspecified atom stereocenters. The van der Waals surface area contributed by atoms with Gasteiger partial charge in [-0.05, 0) is 34.1 Å². The Hall–Kier alpha value is -1.64. The largest absolute Gasteiger partial charge is 0.573 e. The second kappa shape index (κ2) is 6.50. The molecule has 1 aromatic carbocycles. The first kappa shape index (κ1) is 15.4. The highest BCUT2D eigenvalue weighted by Gasteiger charge is 2.31. The van der Waals surface area contributed by atoms with Crippen LogP contribution in [0.25, 0.3) is 0 Å². The second-order valence-corrected chi connectivity index (χ2v) is 4.18. The van der Waals surface area contributed by atoms with Crippen LogP contribution in [0.15, 0.2) is 27.8 Å². The Morgan fingerprint density at radius 2 is 2.11 bits per heavy atom. The van der Waals surface area contributed by atoms with Gasteiger partial charge in [0.2, 0.25) is 0 Å². The van der Waals surface area contributed by atoms with Gasteiger partial charge in [0.05, 0.1) is 11.1 Å². The van der Waals surface area contributed by atoms with Crippen LogP contribution in [0, 0.1) is 0 Å². The Morgan fingerprint density at radius 3 is 2.63 bits per heavy atom. The molecule has 0 aliphatic rings. The molecule has 0 atom stereocenters. The fraction of sp³-hybridized carbons (Fsp3) is 0.300. The first-order valence-electron chi connectivity index (χ1n) is 4.96. The van der Waals surface area contributed by atoms with E-state index in [1.165, 1.54) is 12.1 Å². The molecule has 19 heavy (non-hydrogen) atoms. The summed E-state index contributed by atoms with van der Waals surface area (Å²) in [6.45, 7) is 0.127. The van der Waals surface area contributed by atoms with Crippen LogP contribution in [-0.2, 0) is 0 Å². The van der Waals surface area contributed by atoms with Crippen LogP contribution >= 0.6 is 15.9 Å². The molecule has 0 amide bonds. The number of hydrogen-bond donors (Lipinski definition) is 2. The molecular weight excluding hydrogens is 333 g/mol. The Kier molecular flexibility index (Phi) is 5.28. The molecular formula is C10H10BrF3N2O3. The summed E-state index contributed by atoms with van der Waals surface area (Å²) in [7, 11) is 0. The van der Waals surface area contributed by atoms with E-state index in [0.717, 1.165) is 6.07 Å². The highest BCUT2D eigenvalue weighted by atomic mass is 79.9. The van der Waals surface area contributed by atoms with E-state index in [2.05, 4.69) is 25.8 Å². The maximum absolute atomic E-state index is 12.0. The maximum Gasteiger partial charge on any atom is 0.573 e. The average Bonchev–Trinajstić information content (AvgIpc) is 2.31. The fourth-order valence-corrected chi connectivity index (χ4v) is 1.54. The highest BCUT2D eigenvalue weighted by Crippen LogP contribution is 2.33. The molecule has 0 fully saturated rings. The van der Waals surface area contributed by atoms with Crippen molar-refractivity contribution in [2.75, 3.05) is 6.61 Å². The monoisotopic (exact) mass is 342 g/mol. The second-order valence-electron chi connectivity index (χ2n) is 3.33. The molecule has 0 saturated heterocycles. The molecule has 5 nitrogen and oxygen atoms in total. The standard InChI is InChI=1S/C10H10BrF3N2O3/c11-7-5-6(18-4-3-9(15)16-17)1-2-8(7)19-10(12,13)14/h1-2,5,17H,3-4H2,(H2,15,16). The smallest absolute Gasteiger partial charge is 0.493 e. The normalized spacial score (nSPS) is 12.3. The molecule has 0 saturated carbocycles. The van der Waals surface area contributed by atoms with Crippen molar-refractivity contribution in [3.8, 4) is 11.5 Å². The van der Waals surface area contributed by atoms with E-state index >= 15 is 0 Å². The molecule has 1 rings (SSSR count). The Morgan fingerprint density at radius 1 is 1.42 bits per heavy atom. The predicted octanol–water partition coefficient (Wildman–Crippen LogP) is 2.86. The van der Waals surface area contributed by atoms with Gasteiger partial charge in [-0.2, -0.15) is 0 Å². The molecule has 3 N–H and O–H groups in total. The zero-order valence-corrected chi connectivity index (χ0v) is 11.0. The van der Waals surface area contributed by atoms with Gasteiger partial charge in [0, 0.05) is 6.42 Å². The number of halogens is 4. The summed E-state index contributed by atoms with van der Waals surface area (Å²) in [5, 5.41) is 11.0. The third-order valence-electron chi connectivity index (χ3n) is 1.88. The zero-order valence-electron chi connectivity index (χ0n) is 9.45. The molecule has 0 aromatic heterocycles. The summed E-state index contributed by atoms with van der Waals surface area (Å²) in [6, 6.07) is 3.77. The van der Waals surface area contributed by atoms with Gasteiger partial charge in [-0.1, -0.05) is 5.16 Å². The van der Waals surface area contributed by atoms with Crippen molar-refractivity contribution in [3.05, 3.63) is 22.7 Å². The van der Waals surface area contributed by atoms with Crippen LogP contribution in [0.4, 0.5) is 13.2 Å². The highest BCUT2D eigenvalue weighted by molar-refractivity contribution is 9.10. The Labute approximate surface area is 114 Å². The number of nitrogens with zero attached hydrogens (tertiary/aromatic N) is 1. The van der Waals surface area contributed by atoms with Crippen LogP contribution in [0.3, 0.4) is 0 Å². The lowest BCUT2D eigenvalue weighted by atomic mass is 10.3. The molecule has 0 aliphatic heterocycles. The molecule has 0 aliphatic carbocycles. The summed E-state index contributed by atoms with van der Waals surface area (Å²) in [6.07, 6.45) is -4.56. The SMILES string of the molecule is N/C(CCOc1ccc(OC(F)(F)F)c(Br)c1)=N/O. The van der Waals surface area contributed by atoms with Crippen molar-refractivity contribution in [1.29, 1.82) is 0 Å². The van der Waals surface area contributed by atoms with E-state index in [1.807, 2.05) is 0 Å². The van der Waals surface area contributed by atoms with Crippen molar-refractivity contribution >= 4 is 21.8 Å². The van der Waals surface area contributed by atoms with Crippen molar-refractivity contribution in [2.24, 2.45) is 10.9 Å². The van der Waals surface area contributed by atoms with E-state index in [4.69, 9.17) is 15.7 Å². The number of alkyl halides is 3. The van der Waals surface area contributed by atoms with Gasteiger partial charge in [-0.15, -0.1) is 13.2 Å². The van der Waals surface area contributed by atoms with Gasteiger partial charge in [-0.25, -0.2) is 0 Å². The van der Waals surface area contributed by atoms with Crippen LogP contribution in [0.2, 0.25) is 0 Å². The van der Waals surface area contributed by atoms with E-state index in [1.54, 1.807) is 0 Å². The summed E-state index contributed by atoms with van der Waals surface area (Å²) in [4.78, 5) is 0. The summed E-state index contributed by atoms with van der Waals surface area (Å²) in [5.74, 6) is -0.0421. The van der Waals surface area contributed by atoms with Crippen LogP contribution in [-0.4, -0.2) is 24.0 Å². The lowest BCUT2D eigenvalue weighted by Crippen LogP contribution is -2.17. The number of oxime groups is 1. The lowest BCUT2D eigenvalue weighted by molar-refractivity contribution is -0.274. The minimum Gasteiger partial charge on any atom is -0.493 e. The Balaban J connectivity index is 2.62. The van der Waals surface area contributed by atoms with Gasteiger partial charge < -0.3 is 20.4 Å². The van der Waals surface area contributed by atoms with Crippen LogP contribution in [0.1, 0.15) is 6.42 Å². The quantitative estimate of drug-likeness (QED) is 0.373. The fourth-order valence-electron chi connectivity index (χ4n) is 1.10. The molecule has 0 heterocycles. The van der Waals surface area contributed by atoms with Crippen LogP contribution in [0.5, 0.6) is 11.5 Å².